The molecule has 1 atom stereocenters. The average molecular weight is 363 g/mol. The van der Waals surface area contributed by atoms with Crippen LogP contribution in [0.5, 0.6) is 0 Å². The summed E-state index contributed by atoms with van der Waals surface area (Å²) in [5.74, 6) is 2.54. The van der Waals surface area contributed by atoms with Crippen LogP contribution in [0.3, 0.4) is 0 Å². The third kappa shape index (κ3) is 6.98. The van der Waals surface area contributed by atoms with Crippen molar-refractivity contribution >= 4 is 23.6 Å². The van der Waals surface area contributed by atoms with Gasteiger partial charge in [-0.2, -0.15) is 0 Å². The number of likely N-dealkylation sites (N-methyl/N-ethyl adjacent to an activating group) is 1. The first-order valence-corrected chi connectivity index (χ1v) is 9.96. The van der Waals surface area contributed by atoms with E-state index in [-0.39, 0.29) is 12.5 Å². The first-order chi connectivity index (χ1) is 12.1. The first kappa shape index (κ1) is 19.6. The van der Waals surface area contributed by atoms with Crippen molar-refractivity contribution in [1.29, 1.82) is 0 Å². The molecule has 1 aliphatic rings. The van der Waals surface area contributed by atoms with E-state index in [1.165, 1.54) is 17.7 Å². The molecule has 1 heterocycles. The maximum Gasteiger partial charge on any atom is 0.243 e. The zero-order valence-electron chi connectivity index (χ0n) is 15.6. The van der Waals surface area contributed by atoms with Crippen molar-refractivity contribution in [3.05, 3.63) is 30.3 Å². The van der Waals surface area contributed by atoms with Crippen molar-refractivity contribution in [2.75, 3.05) is 46.0 Å². The molecule has 1 fully saturated rings. The minimum Gasteiger partial charge on any atom is -0.355 e. The first-order valence-electron chi connectivity index (χ1n) is 8.97. The molecule has 1 aromatic rings. The van der Waals surface area contributed by atoms with Crippen LogP contribution in [0.4, 0.5) is 0 Å². The zero-order valence-corrected chi connectivity index (χ0v) is 16.4. The normalized spacial score (nSPS) is 18.1. The number of carbonyl (C=O) groups excluding carboxylic acids is 1. The van der Waals surface area contributed by atoms with Crippen LogP contribution in [0.25, 0.3) is 0 Å². The van der Waals surface area contributed by atoms with Crippen LogP contribution >= 0.6 is 11.8 Å². The Balaban J connectivity index is 1.89. The number of nitrogens with zero attached hydrogens (tertiary/aromatic N) is 3. The Morgan fingerprint density at radius 3 is 2.80 bits per heavy atom. The summed E-state index contributed by atoms with van der Waals surface area (Å²) in [6.45, 7) is 5.33. The summed E-state index contributed by atoms with van der Waals surface area (Å²) in [5.41, 5.74) is 0. The summed E-state index contributed by atoms with van der Waals surface area (Å²) in [6.07, 6.45) is 2.45. The van der Waals surface area contributed by atoms with Gasteiger partial charge in [0.1, 0.15) is 6.54 Å². The monoisotopic (exact) mass is 362 g/mol. The van der Waals surface area contributed by atoms with Crippen molar-refractivity contribution in [1.82, 2.24) is 15.1 Å². The third-order valence-electron chi connectivity index (χ3n) is 4.22. The highest BCUT2D eigenvalue weighted by molar-refractivity contribution is 7.99. The number of hydrogen-bond donors (Lipinski definition) is 1. The van der Waals surface area contributed by atoms with Crippen LogP contribution in [-0.2, 0) is 4.79 Å². The number of aliphatic imine (C=N–C) groups is 1. The Bertz CT molecular complexity index is 562. The second kappa shape index (κ2) is 10.3. The molecular formula is C19H30N4OS. The molecule has 1 N–H and O–H groups in total. The predicted molar refractivity (Wildman–Crippen MR) is 106 cm³/mol. The standard InChI is InChI=1S/C19H30N4OS/c1-16-8-7-12-23(15-16)19(21-14-18(24)22(2)3)20-11-13-25-17-9-5-4-6-10-17/h4-6,9-10,16H,7-8,11-15H2,1-3H3,(H,20,21). The Labute approximate surface area is 155 Å². The summed E-state index contributed by atoms with van der Waals surface area (Å²) >= 11 is 1.83. The van der Waals surface area contributed by atoms with Crippen LogP contribution in [0.15, 0.2) is 40.2 Å². The van der Waals surface area contributed by atoms with E-state index in [0.717, 1.165) is 31.3 Å². The number of nitrogens with one attached hydrogen (secondary N) is 1. The topological polar surface area (TPSA) is 47.9 Å². The van der Waals surface area contributed by atoms with Gasteiger partial charge in [-0.15, -0.1) is 11.8 Å². The van der Waals surface area contributed by atoms with E-state index in [4.69, 9.17) is 0 Å². The fourth-order valence-corrected chi connectivity index (χ4v) is 3.57. The molecule has 1 amide bonds. The molecule has 0 radical (unpaired) electrons. The summed E-state index contributed by atoms with van der Waals surface area (Å²) < 4.78 is 0. The lowest BCUT2D eigenvalue weighted by molar-refractivity contribution is -0.127. The summed E-state index contributed by atoms with van der Waals surface area (Å²) in [7, 11) is 3.54. The van der Waals surface area contributed by atoms with E-state index in [9.17, 15) is 4.79 Å². The number of amides is 1. The Morgan fingerprint density at radius 2 is 2.12 bits per heavy atom. The van der Waals surface area contributed by atoms with Gasteiger partial charge in [0.15, 0.2) is 5.96 Å². The zero-order chi connectivity index (χ0) is 18.1. The van der Waals surface area contributed by atoms with Gasteiger partial charge in [0.2, 0.25) is 5.91 Å². The van der Waals surface area contributed by atoms with Gasteiger partial charge >= 0.3 is 0 Å². The molecule has 0 spiro atoms. The van der Waals surface area contributed by atoms with Crippen LogP contribution in [0.1, 0.15) is 19.8 Å². The smallest absolute Gasteiger partial charge is 0.243 e. The van der Waals surface area contributed by atoms with Gasteiger partial charge in [0.25, 0.3) is 0 Å². The molecule has 5 nitrogen and oxygen atoms in total. The van der Waals surface area contributed by atoms with Gasteiger partial charge in [-0.05, 0) is 30.9 Å². The van der Waals surface area contributed by atoms with Crippen LogP contribution in [-0.4, -0.2) is 67.7 Å². The van der Waals surface area contributed by atoms with E-state index >= 15 is 0 Å². The minimum absolute atomic E-state index is 0.0306. The number of piperidine rings is 1. The molecule has 138 valence electrons. The molecule has 1 aromatic carbocycles. The van der Waals surface area contributed by atoms with Gasteiger partial charge in [0.05, 0.1) is 0 Å². The highest BCUT2D eigenvalue weighted by Crippen LogP contribution is 2.17. The molecule has 1 unspecified atom stereocenters. The fourth-order valence-electron chi connectivity index (χ4n) is 2.78. The molecule has 6 heteroatoms. The fraction of sp³-hybridized carbons (Fsp3) is 0.579. The lowest BCUT2D eigenvalue weighted by atomic mass is 10.0. The number of hydrogen-bond acceptors (Lipinski definition) is 3. The quantitative estimate of drug-likeness (QED) is 0.366. The maximum absolute atomic E-state index is 11.9. The van der Waals surface area contributed by atoms with Crippen LogP contribution < -0.4 is 5.32 Å². The van der Waals surface area contributed by atoms with Crippen molar-refractivity contribution in [2.45, 2.75) is 24.7 Å². The summed E-state index contributed by atoms with van der Waals surface area (Å²) in [6, 6.07) is 10.4. The van der Waals surface area contributed by atoms with E-state index in [0.29, 0.717) is 5.92 Å². The van der Waals surface area contributed by atoms with E-state index in [1.54, 1.807) is 19.0 Å². The van der Waals surface area contributed by atoms with E-state index < -0.39 is 0 Å². The summed E-state index contributed by atoms with van der Waals surface area (Å²) in [4.78, 5) is 21.6. The molecule has 1 aliphatic heterocycles. The molecule has 0 bridgehead atoms. The second-order valence-electron chi connectivity index (χ2n) is 6.71. The average Bonchev–Trinajstić information content (AvgIpc) is 2.61. The molecule has 1 saturated heterocycles. The molecule has 0 aliphatic carbocycles. The van der Waals surface area contributed by atoms with E-state index in [2.05, 4.69) is 46.4 Å². The third-order valence-corrected chi connectivity index (χ3v) is 5.23. The molecule has 2 rings (SSSR count). The molecule has 25 heavy (non-hydrogen) atoms. The Hall–Kier alpha value is -1.69. The van der Waals surface area contributed by atoms with Crippen LogP contribution in [0.2, 0.25) is 0 Å². The van der Waals surface area contributed by atoms with Crippen LogP contribution in [0, 0.1) is 5.92 Å². The highest BCUT2D eigenvalue weighted by Gasteiger charge is 2.19. The SMILES string of the molecule is CC1CCCN(C(=NCC(=O)N(C)C)NCCSc2ccccc2)C1. The number of thioether (sulfide) groups is 1. The van der Waals surface area contributed by atoms with Gasteiger partial charge in [0, 0.05) is 44.4 Å². The van der Waals surface area contributed by atoms with Gasteiger partial charge in [-0.1, -0.05) is 25.1 Å². The number of benzene rings is 1. The largest absolute Gasteiger partial charge is 0.355 e. The van der Waals surface area contributed by atoms with Crippen molar-refractivity contribution in [3.8, 4) is 0 Å². The highest BCUT2D eigenvalue weighted by atomic mass is 32.2. The van der Waals surface area contributed by atoms with Crippen molar-refractivity contribution < 1.29 is 4.79 Å². The number of carbonyl (C=O) groups is 1. The van der Waals surface area contributed by atoms with Gasteiger partial charge in [-0.25, -0.2) is 4.99 Å². The van der Waals surface area contributed by atoms with Gasteiger partial charge in [-0.3, -0.25) is 4.79 Å². The van der Waals surface area contributed by atoms with Gasteiger partial charge < -0.3 is 15.1 Å². The number of guanidine groups is 1. The predicted octanol–water partition coefficient (Wildman–Crippen LogP) is 2.54. The molecule has 0 saturated carbocycles. The maximum atomic E-state index is 11.9. The van der Waals surface area contributed by atoms with Crippen molar-refractivity contribution in [3.63, 3.8) is 0 Å². The Morgan fingerprint density at radius 1 is 1.36 bits per heavy atom. The number of rotatable bonds is 6. The molecule has 0 aromatic heterocycles. The molecular weight excluding hydrogens is 332 g/mol. The lowest BCUT2D eigenvalue weighted by Gasteiger charge is -2.33. The lowest BCUT2D eigenvalue weighted by Crippen LogP contribution is -2.47. The number of likely N-dealkylation sites (tertiary alicyclic amines) is 1. The minimum atomic E-state index is 0.0306. The van der Waals surface area contributed by atoms with Crippen molar-refractivity contribution in [2.24, 2.45) is 10.9 Å². The summed E-state index contributed by atoms with van der Waals surface area (Å²) in [5, 5.41) is 3.46. The second-order valence-corrected chi connectivity index (χ2v) is 7.88. The Kier molecular flexibility index (Phi) is 8.12. The van der Waals surface area contributed by atoms with E-state index in [1.807, 2.05) is 17.8 Å².